The monoisotopic (exact) mass is 286 g/mol. The summed E-state index contributed by atoms with van der Waals surface area (Å²) in [6.07, 6.45) is 4.02. The smallest absolute Gasteiger partial charge is 0.339 e. The van der Waals surface area contributed by atoms with Crippen molar-refractivity contribution in [2.45, 2.75) is 77.3 Å². The Labute approximate surface area is 120 Å². The molecule has 0 saturated heterocycles. The topological polar surface area (TPSA) is 87.0 Å². The highest BCUT2D eigenvalue weighted by Crippen LogP contribution is 2.25. The van der Waals surface area contributed by atoms with Crippen LogP contribution in [0.1, 0.15) is 58.8 Å². The molecule has 0 amide bonds. The number of unbranched alkanes of at least 4 members (excludes halogenated alkanes) is 4. The van der Waals surface area contributed by atoms with Crippen molar-refractivity contribution in [3.05, 3.63) is 11.1 Å². The van der Waals surface area contributed by atoms with Gasteiger partial charge in [0.2, 0.25) is 6.29 Å². The molecule has 0 aromatic carbocycles. The zero-order chi connectivity index (χ0) is 15.1. The highest BCUT2D eigenvalue weighted by Gasteiger charge is 2.33. The molecule has 5 nitrogen and oxygen atoms in total. The zero-order valence-electron chi connectivity index (χ0n) is 12.3. The van der Waals surface area contributed by atoms with Gasteiger partial charge in [-0.25, -0.2) is 4.79 Å². The second-order valence-electron chi connectivity index (χ2n) is 5.56. The Morgan fingerprint density at radius 3 is 2.15 bits per heavy atom. The standard InChI is InChI=1S/C15H26O5/c1-10(16)8-6-4-3-5-7-9-12(17)13-11(2)14(18)20-15(13)19/h10,12,14,16-18H,3-9H2,1-2H3/t10-,12+,14-/m1/s1. The van der Waals surface area contributed by atoms with Crippen LogP contribution in [0, 0.1) is 0 Å². The fourth-order valence-corrected chi connectivity index (χ4v) is 2.40. The van der Waals surface area contributed by atoms with E-state index in [9.17, 15) is 15.0 Å². The minimum Gasteiger partial charge on any atom is -0.428 e. The molecular formula is C15H26O5. The summed E-state index contributed by atoms with van der Waals surface area (Å²) in [4.78, 5) is 11.5. The van der Waals surface area contributed by atoms with Crippen molar-refractivity contribution in [3.8, 4) is 0 Å². The number of carbonyl (C=O) groups excluding carboxylic acids is 1. The molecule has 0 bridgehead atoms. The number of aliphatic hydroxyl groups excluding tert-OH is 3. The Morgan fingerprint density at radius 2 is 1.65 bits per heavy atom. The normalized spacial score (nSPS) is 22.1. The molecule has 0 aromatic rings. The molecule has 3 atom stereocenters. The average molecular weight is 286 g/mol. The van der Waals surface area contributed by atoms with Crippen LogP contribution in [-0.4, -0.2) is 39.8 Å². The first kappa shape index (κ1) is 17.1. The summed E-state index contributed by atoms with van der Waals surface area (Å²) < 4.78 is 4.65. The third-order valence-corrected chi connectivity index (χ3v) is 3.67. The van der Waals surface area contributed by atoms with Crippen molar-refractivity contribution in [3.63, 3.8) is 0 Å². The molecule has 1 rings (SSSR count). The van der Waals surface area contributed by atoms with Gasteiger partial charge in [-0.05, 0) is 26.7 Å². The Hall–Kier alpha value is -0.910. The quantitative estimate of drug-likeness (QED) is 0.443. The molecule has 1 aliphatic heterocycles. The van der Waals surface area contributed by atoms with E-state index in [4.69, 9.17) is 5.11 Å². The molecule has 0 spiro atoms. The SMILES string of the molecule is CC1=C([C@@H](O)CCCCCCC[C@@H](C)O)C(=O)O[C@H]1O. The molecule has 0 saturated carbocycles. The maximum absolute atomic E-state index is 11.5. The summed E-state index contributed by atoms with van der Waals surface area (Å²) in [5, 5.41) is 28.5. The Morgan fingerprint density at radius 1 is 1.10 bits per heavy atom. The van der Waals surface area contributed by atoms with Crippen molar-refractivity contribution in [1.82, 2.24) is 0 Å². The summed E-state index contributed by atoms with van der Waals surface area (Å²) in [5.41, 5.74) is 0.631. The molecule has 3 N–H and O–H groups in total. The van der Waals surface area contributed by atoms with E-state index in [2.05, 4.69) is 4.74 Å². The number of hydrogen-bond donors (Lipinski definition) is 3. The summed E-state index contributed by atoms with van der Waals surface area (Å²) in [6.45, 7) is 3.39. The lowest BCUT2D eigenvalue weighted by molar-refractivity contribution is -0.152. The van der Waals surface area contributed by atoms with Crippen molar-refractivity contribution in [2.24, 2.45) is 0 Å². The minimum absolute atomic E-state index is 0.214. The van der Waals surface area contributed by atoms with E-state index >= 15 is 0 Å². The van der Waals surface area contributed by atoms with Gasteiger partial charge in [0, 0.05) is 5.57 Å². The van der Waals surface area contributed by atoms with E-state index in [0.29, 0.717) is 12.0 Å². The van der Waals surface area contributed by atoms with Crippen LogP contribution >= 0.6 is 0 Å². The van der Waals surface area contributed by atoms with Crippen LogP contribution in [0.5, 0.6) is 0 Å². The van der Waals surface area contributed by atoms with Crippen LogP contribution in [0.25, 0.3) is 0 Å². The van der Waals surface area contributed by atoms with Gasteiger partial charge >= 0.3 is 5.97 Å². The van der Waals surface area contributed by atoms with Gasteiger partial charge in [0.15, 0.2) is 0 Å². The van der Waals surface area contributed by atoms with Gasteiger partial charge < -0.3 is 20.1 Å². The first-order chi connectivity index (χ1) is 9.43. The van der Waals surface area contributed by atoms with Crippen LogP contribution < -0.4 is 0 Å². The molecule has 116 valence electrons. The van der Waals surface area contributed by atoms with Gasteiger partial charge in [0.1, 0.15) is 0 Å². The molecule has 20 heavy (non-hydrogen) atoms. The Balaban J connectivity index is 2.18. The first-order valence-corrected chi connectivity index (χ1v) is 7.39. The lowest BCUT2D eigenvalue weighted by Gasteiger charge is -2.10. The molecule has 1 aliphatic rings. The highest BCUT2D eigenvalue weighted by atomic mass is 16.6. The van der Waals surface area contributed by atoms with E-state index in [1.165, 1.54) is 0 Å². The van der Waals surface area contributed by atoms with Crippen LogP contribution in [0.3, 0.4) is 0 Å². The highest BCUT2D eigenvalue weighted by molar-refractivity contribution is 5.92. The number of rotatable bonds is 9. The second kappa shape index (κ2) is 8.39. The van der Waals surface area contributed by atoms with E-state index < -0.39 is 18.4 Å². The van der Waals surface area contributed by atoms with Gasteiger partial charge in [-0.1, -0.05) is 32.1 Å². The first-order valence-electron chi connectivity index (χ1n) is 7.39. The van der Waals surface area contributed by atoms with Crippen LogP contribution in [-0.2, 0) is 9.53 Å². The third-order valence-electron chi connectivity index (χ3n) is 3.67. The van der Waals surface area contributed by atoms with Crippen LogP contribution in [0.15, 0.2) is 11.1 Å². The van der Waals surface area contributed by atoms with Gasteiger partial charge in [-0.3, -0.25) is 0 Å². The molecule has 0 radical (unpaired) electrons. The number of cyclic esters (lactones) is 1. The summed E-state index contributed by atoms with van der Waals surface area (Å²) in [5.74, 6) is -0.612. The van der Waals surface area contributed by atoms with E-state index in [-0.39, 0.29) is 11.7 Å². The van der Waals surface area contributed by atoms with Crippen molar-refractivity contribution >= 4 is 5.97 Å². The van der Waals surface area contributed by atoms with Crippen LogP contribution in [0.4, 0.5) is 0 Å². The number of aliphatic hydroxyl groups is 3. The largest absolute Gasteiger partial charge is 0.428 e. The predicted octanol–water partition coefficient (Wildman–Crippen LogP) is 1.65. The predicted molar refractivity (Wildman–Crippen MR) is 74.8 cm³/mol. The van der Waals surface area contributed by atoms with Crippen molar-refractivity contribution in [2.75, 3.05) is 0 Å². The fourth-order valence-electron chi connectivity index (χ4n) is 2.40. The van der Waals surface area contributed by atoms with E-state index in [1.807, 2.05) is 0 Å². The van der Waals surface area contributed by atoms with E-state index in [0.717, 1.165) is 38.5 Å². The van der Waals surface area contributed by atoms with Gasteiger partial charge in [0.25, 0.3) is 0 Å². The average Bonchev–Trinajstić information content (AvgIpc) is 2.61. The number of carbonyl (C=O) groups is 1. The fraction of sp³-hybridized carbons (Fsp3) is 0.800. The lowest BCUT2D eigenvalue weighted by Crippen LogP contribution is -2.16. The molecule has 0 aliphatic carbocycles. The number of hydrogen-bond acceptors (Lipinski definition) is 5. The Bertz CT molecular complexity index is 348. The Kier molecular flexibility index (Phi) is 7.19. The molecule has 1 heterocycles. The van der Waals surface area contributed by atoms with Crippen LogP contribution in [0.2, 0.25) is 0 Å². The third kappa shape index (κ3) is 5.23. The van der Waals surface area contributed by atoms with Crippen molar-refractivity contribution < 1.29 is 24.9 Å². The van der Waals surface area contributed by atoms with Gasteiger partial charge in [0.05, 0.1) is 17.8 Å². The number of ether oxygens (including phenoxy) is 1. The number of esters is 1. The lowest BCUT2D eigenvalue weighted by atomic mass is 9.99. The molecule has 0 fully saturated rings. The van der Waals surface area contributed by atoms with E-state index in [1.54, 1.807) is 13.8 Å². The maximum Gasteiger partial charge on any atom is 0.339 e. The summed E-state index contributed by atoms with van der Waals surface area (Å²) in [7, 11) is 0. The molecule has 5 heteroatoms. The molecular weight excluding hydrogens is 260 g/mol. The second-order valence-corrected chi connectivity index (χ2v) is 5.56. The van der Waals surface area contributed by atoms with Gasteiger partial charge in [-0.15, -0.1) is 0 Å². The van der Waals surface area contributed by atoms with Gasteiger partial charge in [-0.2, -0.15) is 0 Å². The summed E-state index contributed by atoms with van der Waals surface area (Å²) in [6, 6.07) is 0. The minimum atomic E-state index is -1.20. The molecule has 0 aromatic heterocycles. The zero-order valence-corrected chi connectivity index (χ0v) is 12.3. The van der Waals surface area contributed by atoms with Crippen molar-refractivity contribution in [1.29, 1.82) is 0 Å². The summed E-state index contributed by atoms with van der Waals surface area (Å²) >= 11 is 0. The molecule has 0 unspecified atom stereocenters. The maximum atomic E-state index is 11.5.